The van der Waals surface area contributed by atoms with Gasteiger partial charge in [0.1, 0.15) is 29.1 Å². The predicted molar refractivity (Wildman–Crippen MR) is 133 cm³/mol. The minimum absolute atomic E-state index is 0. The Labute approximate surface area is 208 Å². The van der Waals surface area contributed by atoms with Crippen LogP contribution >= 0.6 is 12.4 Å². The molecule has 2 amide bonds. The van der Waals surface area contributed by atoms with Gasteiger partial charge in [0.25, 0.3) is 5.56 Å². The van der Waals surface area contributed by atoms with Gasteiger partial charge in [-0.05, 0) is 31.2 Å². The van der Waals surface area contributed by atoms with Crippen LogP contribution in [-0.4, -0.2) is 22.6 Å². The summed E-state index contributed by atoms with van der Waals surface area (Å²) in [7, 11) is 1.68. The second-order valence-corrected chi connectivity index (χ2v) is 7.53. The number of carbonyl (C=O) groups excluding carboxylic acids is 1. The molecule has 0 bridgehead atoms. The number of aromatic nitrogens is 2. The Hall–Kier alpha value is -4.12. The summed E-state index contributed by atoms with van der Waals surface area (Å²) in [5, 5.41) is 7.77. The number of hydrogen-bond acceptors (Lipinski definition) is 4. The number of rotatable bonds is 5. The highest BCUT2D eigenvalue weighted by molar-refractivity contribution is 6.00. The Morgan fingerprint density at radius 3 is 2.25 bits per heavy atom. The molecular weight excluding hydrogens is 502 g/mol. The molecule has 2 heterocycles. The molecule has 0 aliphatic carbocycles. The van der Waals surface area contributed by atoms with E-state index in [2.05, 4.69) is 20.9 Å². The van der Waals surface area contributed by atoms with Crippen LogP contribution in [0.25, 0.3) is 22.0 Å². The maximum Gasteiger partial charge on any atom is 0.323 e. The molecule has 3 N–H and O–H groups in total. The van der Waals surface area contributed by atoms with Crippen molar-refractivity contribution in [3.05, 3.63) is 82.3 Å². The van der Waals surface area contributed by atoms with Crippen LogP contribution in [-0.2, 0) is 6.54 Å². The third kappa shape index (κ3) is 5.25. The van der Waals surface area contributed by atoms with E-state index in [0.717, 1.165) is 18.2 Å². The lowest BCUT2D eigenvalue weighted by atomic mass is 10.0. The first kappa shape index (κ1) is 26.5. The van der Waals surface area contributed by atoms with E-state index in [0.29, 0.717) is 28.9 Å². The highest BCUT2D eigenvalue weighted by atomic mass is 35.5. The van der Waals surface area contributed by atoms with Crippen molar-refractivity contribution in [3.8, 4) is 11.1 Å². The van der Waals surface area contributed by atoms with Crippen LogP contribution in [0.15, 0.2) is 53.5 Å². The van der Waals surface area contributed by atoms with Gasteiger partial charge in [0.15, 0.2) is 0 Å². The number of nitrogens with one attached hydrogen (secondary N) is 3. The summed E-state index contributed by atoms with van der Waals surface area (Å²) >= 11 is 0. The van der Waals surface area contributed by atoms with E-state index in [1.165, 1.54) is 16.8 Å². The fourth-order valence-corrected chi connectivity index (χ4v) is 3.68. The maximum atomic E-state index is 14.8. The van der Waals surface area contributed by atoms with Gasteiger partial charge < -0.3 is 20.5 Å². The van der Waals surface area contributed by atoms with Gasteiger partial charge in [-0.15, -0.1) is 12.4 Å². The molecule has 2 aromatic heterocycles. The number of anilines is 3. The molecule has 2 aromatic carbocycles. The van der Waals surface area contributed by atoms with Crippen molar-refractivity contribution in [3.63, 3.8) is 0 Å². The molecule has 0 atom stereocenters. The zero-order chi connectivity index (χ0) is 25.3. The van der Waals surface area contributed by atoms with Gasteiger partial charge in [-0.2, -0.15) is 0 Å². The largest absolute Gasteiger partial charge is 0.373 e. The molecule has 0 aliphatic heterocycles. The van der Waals surface area contributed by atoms with Crippen molar-refractivity contribution in [2.75, 3.05) is 23.0 Å². The first-order chi connectivity index (χ1) is 16.7. The van der Waals surface area contributed by atoms with Crippen LogP contribution in [0.1, 0.15) is 6.92 Å². The molecule has 188 valence electrons. The summed E-state index contributed by atoms with van der Waals surface area (Å²) in [6.45, 7) is 2.02. The van der Waals surface area contributed by atoms with E-state index >= 15 is 0 Å². The number of benzene rings is 2. The van der Waals surface area contributed by atoms with Gasteiger partial charge in [-0.1, -0.05) is 0 Å². The SMILES string of the molecule is CCn1c(=O)c(-c2cc(NC(=O)Nc3cc(F)cc(F)c3)c(F)cc2F)cc2cnc(NC)cc21.Cl. The molecule has 4 aromatic rings. The number of fused-ring (bicyclic) bond motifs is 1. The monoisotopic (exact) mass is 521 g/mol. The van der Waals surface area contributed by atoms with Gasteiger partial charge in [-0.25, -0.2) is 27.3 Å². The zero-order valence-corrected chi connectivity index (χ0v) is 19.8. The molecule has 0 saturated heterocycles. The molecular formula is C24H20ClF4N5O2. The molecule has 0 radical (unpaired) electrons. The first-order valence-electron chi connectivity index (χ1n) is 10.4. The number of nitrogens with zero attached hydrogens (tertiary/aromatic N) is 2. The number of halogens is 5. The van der Waals surface area contributed by atoms with Crippen molar-refractivity contribution in [1.82, 2.24) is 9.55 Å². The summed E-state index contributed by atoms with van der Waals surface area (Å²) in [6.07, 6.45) is 1.52. The third-order valence-electron chi connectivity index (χ3n) is 5.27. The summed E-state index contributed by atoms with van der Waals surface area (Å²) < 4.78 is 57.4. The van der Waals surface area contributed by atoms with Crippen LogP contribution < -0.4 is 21.5 Å². The van der Waals surface area contributed by atoms with E-state index in [1.807, 2.05) is 0 Å². The minimum atomic E-state index is -1.11. The summed E-state index contributed by atoms with van der Waals surface area (Å²) in [4.78, 5) is 29.7. The van der Waals surface area contributed by atoms with Crippen molar-refractivity contribution >= 4 is 46.5 Å². The Kier molecular flexibility index (Phi) is 7.83. The second-order valence-electron chi connectivity index (χ2n) is 7.53. The summed E-state index contributed by atoms with van der Waals surface area (Å²) in [5.74, 6) is -3.43. The third-order valence-corrected chi connectivity index (χ3v) is 5.27. The van der Waals surface area contributed by atoms with Crippen LogP contribution in [0.4, 0.5) is 39.5 Å². The fourth-order valence-electron chi connectivity index (χ4n) is 3.68. The van der Waals surface area contributed by atoms with Crippen LogP contribution in [0, 0.1) is 23.3 Å². The number of pyridine rings is 2. The average Bonchev–Trinajstić information content (AvgIpc) is 2.79. The van der Waals surface area contributed by atoms with E-state index in [4.69, 9.17) is 0 Å². The molecule has 0 unspecified atom stereocenters. The van der Waals surface area contributed by atoms with Gasteiger partial charge >= 0.3 is 6.03 Å². The normalized spacial score (nSPS) is 10.6. The topological polar surface area (TPSA) is 88.1 Å². The van der Waals surface area contributed by atoms with Crippen LogP contribution in [0.2, 0.25) is 0 Å². The van der Waals surface area contributed by atoms with Crippen molar-refractivity contribution in [2.45, 2.75) is 13.5 Å². The van der Waals surface area contributed by atoms with E-state index in [-0.39, 0.29) is 35.8 Å². The standard InChI is InChI=1S/C24H19F4N5O2.ClH/c1-3-33-21-10-22(29-2)30-11-12(21)4-17(23(33)34)16-8-20(19(28)9-18(16)27)32-24(35)31-15-6-13(25)5-14(26)7-15;/h4-11H,3H2,1-2H3,(H,29,30)(H2,31,32,35);1H. The fraction of sp³-hybridized carbons (Fsp3) is 0.125. The lowest BCUT2D eigenvalue weighted by Crippen LogP contribution is -2.23. The Bertz CT molecular complexity index is 1510. The minimum Gasteiger partial charge on any atom is -0.373 e. The van der Waals surface area contributed by atoms with Gasteiger partial charge in [0.05, 0.1) is 16.8 Å². The molecule has 4 rings (SSSR count). The van der Waals surface area contributed by atoms with Crippen molar-refractivity contribution in [1.29, 1.82) is 0 Å². The second kappa shape index (κ2) is 10.6. The zero-order valence-electron chi connectivity index (χ0n) is 19.0. The van der Waals surface area contributed by atoms with Crippen molar-refractivity contribution in [2.24, 2.45) is 0 Å². The van der Waals surface area contributed by atoms with Crippen molar-refractivity contribution < 1.29 is 22.4 Å². The molecule has 7 nitrogen and oxygen atoms in total. The Morgan fingerprint density at radius 1 is 0.917 bits per heavy atom. The van der Waals surface area contributed by atoms with Crippen LogP contribution in [0.3, 0.4) is 0 Å². The Balaban J connectivity index is 0.00000361. The molecule has 12 heteroatoms. The molecule has 0 spiro atoms. The smallest absolute Gasteiger partial charge is 0.323 e. The molecule has 0 saturated carbocycles. The Morgan fingerprint density at radius 2 is 1.61 bits per heavy atom. The number of urea groups is 1. The number of aryl methyl sites for hydroxylation is 1. The highest BCUT2D eigenvalue weighted by Crippen LogP contribution is 2.29. The van der Waals surface area contributed by atoms with E-state index in [1.54, 1.807) is 20.0 Å². The lowest BCUT2D eigenvalue weighted by Gasteiger charge is -2.14. The number of hydrogen-bond donors (Lipinski definition) is 3. The number of amides is 2. The average molecular weight is 522 g/mol. The van der Waals surface area contributed by atoms with Gasteiger partial charge in [0.2, 0.25) is 0 Å². The van der Waals surface area contributed by atoms with Gasteiger partial charge in [-0.3, -0.25) is 4.79 Å². The summed E-state index contributed by atoms with van der Waals surface area (Å²) in [5.41, 5.74) is -0.914. The first-order valence-corrected chi connectivity index (χ1v) is 10.4. The maximum absolute atomic E-state index is 14.8. The number of carbonyl (C=O) groups is 1. The predicted octanol–water partition coefficient (Wildman–Crippen LogP) is 5.75. The van der Waals surface area contributed by atoms with E-state index in [9.17, 15) is 27.2 Å². The van der Waals surface area contributed by atoms with E-state index < -0.39 is 40.5 Å². The molecule has 0 aliphatic rings. The molecule has 36 heavy (non-hydrogen) atoms. The summed E-state index contributed by atoms with van der Waals surface area (Å²) in [6, 6.07) is 5.96. The lowest BCUT2D eigenvalue weighted by molar-refractivity contribution is 0.262. The quantitative estimate of drug-likeness (QED) is 0.292. The molecule has 0 fully saturated rings. The van der Waals surface area contributed by atoms with Gasteiger partial charge in [0, 0.05) is 54.6 Å². The highest BCUT2D eigenvalue weighted by Gasteiger charge is 2.19. The van der Waals surface area contributed by atoms with Crippen LogP contribution in [0.5, 0.6) is 0 Å².